The van der Waals surface area contributed by atoms with Crippen LogP contribution < -0.4 is 0 Å². The Morgan fingerprint density at radius 1 is 1.57 bits per heavy atom. The number of halogens is 3. The van der Waals surface area contributed by atoms with Crippen LogP contribution >= 0.6 is 0 Å². The summed E-state index contributed by atoms with van der Waals surface area (Å²) in [6, 6.07) is 0. The van der Waals surface area contributed by atoms with Crippen molar-refractivity contribution in [3.63, 3.8) is 0 Å². The molecule has 1 unspecified atom stereocenters. The zero-order valence-corrected chi connectivity index (χ0v) is 7.62. The van der Waals surface area contributed by atoms with Gasteiger partial charge in [0.25, 0.3) is 0 Å². The van der Waals surface area contributed by atoms with E-state index in [1.807, 2.05) is 0 Å². The lowest BCUT2D eigenvalue weighted by Crippen LogP contribution is -2.11. The van der Waals surface area contributed by atoms with E-state index in [1.165, 1.54) is 4.68 Å². The molecule has 0 saturated carbocycles. The topological polar surface area (TPSA) is 38.0 Å². The summed E-state index contributed by atoms with van der Waals surface area (Å²) in [5.41, 5.74) is -0.761. The van der Waals surface area contributed by atoms with Crippen LogP contribution in [-0.2, 0) is 12.7 Å². The summed E-state index contributed by atoms with van der Waals surface area (Å²) >= 11 is 0. The van der Waals surface area contributed by atoms with Crippen molar-refractivity contribution < 1.29 is 18.3 Å². The molecule has 0 amide bonds. The Labute approximate surface area is 79.2 Å². The van der Waals surface area contributed by atoms with Gasteiger partial charge in [0.15, 0.2) is 0 Å². The molecular weight excluding hydrogens is 197 g/mol. The first-order chi connectivity index (χ1) is 6.43. The molecule has 1 N–H and O–H groups in total. The van der Waals surface area contributed by atoms with Crippen LogP contribution in [0.2, 0.25) is 0 Å². The number of rotatable bonds is 3. The van der Waals surface area contributed by atoms with Crippen LogP contribution in [0.15, 0.2) is 12.4 Å². The maximum absolute atomic E-state index is 12.1. The summed E-state index contributed by atoms with van der Waals surface area (Å²) in [5, 5.41) is 12.3. The zero-order chi connectivity index (χ0) is 10.8. The molecule has 0 bridgehead atoms. The van der Waals surface area contributed by atoms with E-state index in [0.29, 0.717) is 0 Å². The third-order valence-electron chi connectivity index (χ3n) is 1.77. The first-order valence-corrected chi connectivity index (χ1v) is 4.14. The summed E-state index contributed by atoms with van der Waals surface area (Å²) in [5.74, 6) is -0.101. The van der Waals surface area contributed by atoms with Gasteiger partial charge < -0.3 is 5.11 Å². The highest BCUT2D eigenvalue weighted by Gasteiger charge is 2.32. The third-order valence-corrected chi connectivity index (χ3v) is 1.77. The SMILES string of the molecule is CC(CO)Cn1cc(C(F)(F)F)cn1. The second kappa shape index (κ2) is 4.00. The summed E-state index contributed by atoms with van der Waals surface area (Å²) < 4.78 is 37.5. The molecular formula is C8H11F3N2O. The van der Waals surface area contributed by atoms with E-state index in [9.17, 15) is 13.2 Å². The van der Waals surface area contributed by atoms with Gasteiger partial charge in [-0.3, -0.25) is 4.68 Å². The Balaban J connectivity index is 2.69. The van der Waals surface area contributed by atoms with Crippen LogP contribution in [0.3, 0.4) is 0 Å². The number of aliphatic hydroxyl groups is 1. The molecule has 0 radical (unpaired) electrons. The van der Waals surface area contributed by atoms with Crippen LogP contribution in [0.5, 0.6) is 0 Å². The van der Waals surface area contributed by atoms with Crippen molar-refractivity contribution >= 4 is 0 Å². The molecule has 0 aromatic carbocycles. The van der Waals surface area contributed by atoms with Crippen LogP contribution in [0.1, 0.15) is 12.5 Å². The highest BCUT2D eigenvalue weighted by atomic mass is 19.4. The van der Waals surface area contributed by atoms with E-state index in [2.05, 4.69) is 5.10 Å². The second-order valence-corrected chi connectivity index (χ2v) is 3.24. The van der Waals surface area contributed by atoms with Crippen molar-refractivity contribution in [3.8, 4) is 0 Å². The predicted molar refractivity (Wildman–Crippen MR) is 43.5 cm³/mol. The molecule has 80 valence electrons. The fourth-order valence-corrected chi connectivity index (χ4v) is 0.987. The van der Waals surface area contributed by atoms with E-state index in [0.717, 1.165) is 12.4 Å². The molecule has 0 fully saturated rings. The van der Waals surface area contributed by atoms with Crippen molar-refractivity contribution in [2.75, 3.05) is 6.61 Å². The summed E-state index contributed by atoms with van der Waals surface area (Å²) in [6.45, 7) is 1.95. The highest BCUT2D eigenvalue weighted by Crippen LogP contribution is 2.28. The summed E-state index contributed by atoms with van der Waals surface area (Å²) in [4.78, 5) is 0. The molecule has 0 aliphatic carbocycles. The third kappa shape index (κ3) is 2.73. The largest absolute Gasteiger partial charge is 0.419 e. The smallest absolute Gasteiger partial charge is 0.396 e. The Bertz CT molecular complexity index is 295. The van der Waals surface area contributed by atoms with Crippen molar-refractivity contribution in [2.45, 2.75) is 19.6 Å². The molecule has 0 spiro atoms. The fourth-order valence-electron chi connectivity index (χ4n) is 0.987. The van der Waals surface area contributed by atoms with E-state index in [4.69, 9.17) is 5.11 Å². The minimum absolute atomic E-state index is 0.0682. The van der Waals surface area contributed by atoms with Gasteiger partial charge in [-0.15, -0.1) is 0 Å². The normalized spacial score (nSPS) is 14.4. The van der Waals surface area contributed by atoms with Gasteiger partial charge in [0.2, 0.25) is 0 Å². The number of aromatic nitrogens is 2. The second-order valence-electron chi connectivity index (χ2n) is 3.24. The molecule has 0 saturated heterocycles. The minimum Gasteiger partial charge on any atom is -0.396 e. The van der Waals surface area contributed by atoms with Gasteiger partial charge in [0.1, 0.15) is 0 Å². The highest BCUT2D eigenvalue weighted by molar-refractivity contribution is 5.08. The standard InChI is InChI=1S/C8H11F3N2O/c1-6(5-14)3-13-4-7(2-12-13)8(9,10)11/h2,4,6,14H,3,5H2,1H3. The van der Waals surface area contributed by atoms with Gasteiger partial charge in [-0.1, -0.05) is 6.92 Å². The van der Waals surface area contributed by atoms with Gasteiger partial charge >= 0.3 is 6.18 Å². The van der Waals surface area contributed by atoms with Crippen LogP contribution in [0.25, 0.3) is 0 Å². The van der Waals surface area contributed by atoms with Crippen LogP contribution in [0, 0.1) is 5.92 Å². The fraction of sp³-hybridized carbons (Fsp3) is 0.625. The van der Waals surface area contributed by atoms with Crippen LogP contribution in [0.4, 0.5) is 13.2 Å². The van der Waals surface area contributed by atoms with Gasteiger partial charge in [0.05, 0.1) is 11.8 Å². The number of hydrogen-bond donors (Lipinski definition) is 1. The van der Waals surface area contributed by atoms with Crippen LogP contribution in [-0.4, -0.2) is 21.5 Å². The lowest BCUT2D eigenvalue weighted by atomic mass is 10.2. The number of nitrogens with zero attached hydrogens (tertiary/aromatic N) is 2. The van der Waals surface area contributed by atoms with Gasteiger partial charge in [-0.25, -0.2) is 0 Å². The lowest BCUT2D eigenvalue weighted by Gasteiger charge is -2.07. The Morgan fingerprint density at radius 3 is 2.64 bits per heavy atom. The maximum Gasteiger partial charge on any atom is 0.419 e. The van der Waals surface area contributed by atoms with E-state index in [-0.39, 0.29) is 19.1 Å². The molecule has 0 aliphatic heterocycles. The van der Waals surface area contributed by atoms with Gasteiger partial charge in [-0.2, -0.15) is 18.3 Å². The summed E-state index contributed by atoms with van der Waals surface area (Å²) in [6.07, 6.45) is -2.63. The van der Waals surface area contributed by atoms with Gasteiger partial charge in [-0.05, 0) is 5.92 Å². The first-order valence-electron chi connectivity index (χ1n) is 4.14. The molecule has 3 nitrogen and oxygen atoms in total. The molecule has 1 aromatic heterocycles. The minimum atomic E-state index is -4.35. The number of hydrogen-bond acceptors (Lipinski definition) is 2. The van der Waals surface area contributed by atoms with E-state index >= 15 is 0 Å². The molecule has 1 heterocycles. The van der Waals surface area contributed by atoms with Gasteiger partial charge in [0, 0.05) is 19.3 Å². The first kappa shape index (κ1) is 11.0. The zero-order valence-electron chi connectivity index (χ0n) is 7.62. The Morgan fingerprint density at radius 2 is 2.21 bits per heavy atom. The van der Waals surface area contributed by atoms with Crippen molar-refractivity contribution in [3.05, 3.63) is 18.0 Å². The maximum atomic E-state index is 12.1. The molecule has 0 aliphatic rings. The van der Waals surface area contributed by atoms with Crippen molar-refractivity contribution in [1.82, 2.24) is 9.78 Å². The number of aliphatic hydroxyl groups excluding tert-OH is 1. The Hall–Kier alpha value is -1.04. The molecule has 1 rings (SSSR count). The summed E-state index contributed by atoms with van der Waals surface area (Å²) in [7, 11) is 0. The molecule has 6 heteroatoms. The average molecular weight is 208 g/mol. The van der Waals surface area contributed by atoms with Crippen molar-refractivity contribution in [2.24, 2.45) is 5.92 Å². The molecule has 1 atom stereocenters. The lowest BCUT2D eigenvalue weighted by molar-refractivity contribution is -0.137. The molecule has 1 aromatic rings. The monoisotopic (exact) mass is 208 g/mol. The van der Waals surface area contributed by atoms with E-state index in [1.54, 1.807) is 6.92 Å². The predicted octanol–water partition coefficient (Wildman–Crippen LogP) is 1.53. The number of alkyl halides is 3. The average Bonchev–Trinajstić information content (AvgIpc) is 2.51. The quantitative estimate of drug-likeness (QED) is 0.818. The van der Waals surface area contributed by atoms with E-state index < -0.39 is 11.7 Å². The van der Waals surface area contributed by atoms with Crippen molar-refractivity contribution in [1.29, 1.82) is 0 Å². The molecule has 14 heavy (non-hydrogen) atoms. The Kier molecular flexibility index (Phi) is 3.15.